The number of hydrogen-bond acceptors (Lipinski definition) is 0. The van der Waals surface area contributed by atoms with Gasteiger partial charge in [0, 0.05) is 12.4 Å². The molecule has 1 radical (unpaired) electrons. The summed E-state index contributed by atoms with van der Waals surface area (Å²) in [6.07, 6.45) is 7.51. The Hall–Kier alpha value is -0.980. The van der Waals surface area contributed by atoms with E-state index < -0.39 is 0 Å². The van der Waals surface area contributed by atoms with E-state index in [9.17, 15) is 0 Å². The molecule has 1 nitrogen and oxygen atoms in total. The molecule has 0 bridgehead atoms. The maximum Gasteiger partial charge on any atom is 0.00779 e. The molecule has 0 amide bonds. The molecule has 1 rings (SSSR count). The van der Waals surface area contributed by atoms with Gasteiger partial charge in [0.1, 0.15) is 0 Å². The number of rotatable bonds is 1. The molecule has 1 N–H and O–H groups in total. The number of aromatic amines is 1. The minimum absolute atomic E-state index is 1.17. The van der Waals surface area contributed by atoms with Crippen molar-refractivity contribution in [3.05, 3.63) is 37.0 Å². The molecule has 0 aromatic carbocycles. The molecule has 0 aliphatic rings. The van der Waals surface area contributed by atoms with E-state index in [1.807, 2.05) is 24.5 Å². The van der Waals surface area contributed by atoms with Gasteiger partial charge < -0.3 is 4.98 Å². The molecular weight excluding hydrogens is 98.1 g/mol. The van der Waals surface area contributed by atoms with Crippen LogP contribution in [0.2, 0.25) is 0 Å². The fourth-order valence-corrected chi connectivity index (χ4v) is 0.577. The minimum Gasteiger partial charge on any atom is -0.367 e. The highest BCUT2D eigenvalue weighted by atomic mass is 14.6. The summed E-state index contributed by atoms with van der Waals surface area (Å²) >= 11 is 0. The van der Waals surface area contributed by atoms with Gasteiger partial charge in [-0.15, -0.1) is 0 Å². The molecule has 1 heterocycles. The van der Waals surface area contributed by atoms with Crippen molar-refractivity contribution in [3.63, 3.8) is 0 Å². The van der Waals surface area contributed by atoms with Crippen LogP contribution < -0.4 is 0 Å². The Morgan fingerprint density at radius 2 is 2.50 bits per heavy atom. The third-order valence-corrected chi connectivity index (χ3v) is 0.932. The second kappa shape index (κ2) is 2.36. The van der Waals surface area contributed by atoms with Crippen LogP contribution in [0.15, 0.2) is 24.5 Å². The van der Waals surface area contributed by atoms with Crippen molar-refractivity contribution in [3.8, 4) is 0 Å². The van der Waals surface area contributed by atoms with Crippen molar-refractivity contribution < 1.29 is 0 Å². The number of aromatic nitrogens is 1. The Bertz CT molecular complexity index is 161. The summed E-state index contributed by atoms with van der Waals surface area (Å²) in [7, 11) is 0. The lowest BCUT2D eigenvalue weighted by atomic mass is 10.3. The van der Waals surface area contributed by atoms with E-state index in [0.717, 1.165) is 0 Å². The highest BCUT2D eigenvalue weighted by Gasteiger charge is 1.78. The molecule has 0 atom stereocenters. The maximum absolute atomic E-state index is 3.57. The van der Waals surface area contributed by atoms with Crippen LogP contribution in [0.1, 0.15) is 5.56 Å². The molecule has 0 saturated heterocycles. The lowest BCUT2D eigenvalue weighted by molar-refractivity contribution is 1.41. The number of hydrogen-bond donors (Lipinski definition) is 1. The first kappa shape index (κ1) is 5.16. The highest BCUT2D eigenvalue weighted by Crippen LogP contribution is 1.97. The average Bonchev–Trinajstić information content (AvgIpc) is 2.19. The first-order valence-corrected chi connectivity index (χ1v) is 2.52. The predicted octanol–water partition coefficient (Wildman–Crippen LogP) is 1.86. The van der Waals surface area contributed by atoms with Gasteiger partial charge in [-0.2, -0.15) is 0 Å². The summed E-state index contributed by atoms with van der Waals surface area (Å²) in [4.78, 5) is 2.94. The van der Waals surface area contributed by atoms with Crippen LogP contribution in [0.4, 0.5) is 0 Å². The summed E-state index contributed by atoms with van der Waals surface area (Å²) in [6, 6.07) is 1.99. The molecule has 41 valence electrons. The molecule has 1 aromatic rings. The fraction of sp³-hybridized carbons (Fsp3) is 0. The molecule has 0 unspecified atom stereocenters. The van der Waals surface area contributed by atoms with E-state index in [1.165, 1.54) is 5.56 Å². The maximum atomic E-state index is 3.57. The molecule has 1 heteroatoms. The molecule has 0 aliphatic carbocycles. The Morgan fingerprint density at radius 1 is 1.62 bits per heavy atom. The molecule has 0 saturated carbocycles. The van der Waals surface area contributed by atoms with Gasteiger partial charge in [0.2, 0.25) is 0 Å². The monoisotopic (exact) mass is 106 g/mol. The second-order valence-electron chi connectivity index (χ2n) is 1.55. The molecular formula is C7H8N. The summed E-state index contributed by atoms with van der Waals surface area (Å²) in [6.45, 7) is 3.57. The zero-order valence-electron chi connectivity index (χ0n) is 4.59. The molecule has 1 aromatic heterocycles. The minimum atomic E-state index is 1.17. The van der Waals surface area contributed by atoms with Crippen LogP contribution in [0.3, 0.4) is 0 Å². The van der Waals surface area contributed by atoms with Crippen LogP contribution in [0.25, 0.3) is 6.08 Å². The summed E-state index contributed by atoms with van der Waals surface area (Å²) in [5.41, 5.74) is 1.17. The Labute approximate surface area is 49.0 Å². The Morgan fingerprint density at radius 3 is 3.00 bits per heavy atom. The normalized spacial score (nSPS) is 10.6. The van der Waals surface area contributed by atoms with E-state index >= 15 is 0 Å². The summed E-state index contributed by atoms with van der Waals surface area (Å²) < 4.78 is 0. The van der Waals surface area contributed by atoms with E-state index in [2.05, 4.69) is 11.9 Å². The molecule has 0 spiro atoms. The van der Waals surface area contributed by atoms with Crippen LogP contribution >= 0.6 is 0 Å². The SMILES string of the molecule is [CH2]C=Cc1cc[nH]c1. The quantitative estimate of drug-likeness (QED) is 0.562. The largest absolute Gasteiger partial charge is 0.367 e. The van der Waals surface area contributed by atoms with Gasteiger partial charge in [-0.05, 0) is 18.6 Å². The third-order valence-electron chi connectivity index (χ3n) is 0.932. The molecule has 0 aliphatic heterocycles. The number of H-pyrrole nitrogens is 1. The van der Waals surface area contributed by atoms with Crippen molar-refractivity contribution >= 4 is 6.08 Å². The van der Waals surface area contributed by atoms with Crippen LogP contribution in [-0.4, -0.2) is 4.98 Å². The standard InChI is InChI=1S/C7H8N/c1-2-3-7-4-5-8-6-7/h2-6,8H,1H2. The topological polar surface area (TPSA) is 15.8 Å². The zero-order chi connectivity index (χ0) is 5.82. The van der Waals surface area contributed by atoms with Gasteiger partial charge in [-0.25, -0.2) is 0 Å². The van der Waals surface area contributed by atoms with Crippen LogP contribution in [0.5, 0.6) is 0 Å². The second-order valence-corrected chi connectivity index (χ2v) is 1.55. The molecule has 0 fully saturated rings. The lowest BCUT2D eigenvalue weighted by Gasteiger charge is -1.75. The summed E-state index contributed by atoms with van der Waals surface area (Å²) in [5, 5.41) is 0. The van der Waals surface area contributed by atoms with Gasteiger partial charge in [0.05, 0.1) is 0 Å². The van der Waals surface area contributed by atoms with Crippen molar-refractivity contribution in [2.75, 3.05) is 0 Å². The van der Waals surface area contributed by atoms with Crippen LogP contribution in [0, 0.1) is 6.92 Å². The summed E-state index contributed by atoms with van der Waals surface area (Å²) in [5.74, 6) is 0. The number of nitrogens with one attached hydrogen (secondary N) is 1. The van der Waals surface area contributed by atoms with E-state index in [1.54, 1.807) is 6.08 Å². The first-order chi connectivity index (χ1) is 3.93. The van der Waals surface area contributed by atoms with Gasteiger partial charge in [-0.1, -0.05) is 12.2 Å². The van der Waals surface area contributed by atoms with Gasteiger partial charge in [0.25, 0.3) is 0 Å². The van der Waals surface area contributed by atoms with Crippen LogP contribution in [-0.2, 0) is 0 Å². The fourth-order valence-electron chi connectivity index (χ4n) is 0.577. The Kier molecular flexibility index (Phi) is 1.52. The van der Waals surface area contributed by atoms with Gasteiger partial charge >= 0.3 is 0 Å². The van der Waals surface area contributed by atoms with Gasteiger partial charge in [-0.3, -0.25) is 0 Å². The van der Waals surface area contributed by atoms with Gasteiger partial charge in [0.15, 0.2) is 0 Å². The smallest absolute Gasteiger partial charge is 0.00779 e. The van der Waals surface area contributed by atoms with E-state index in [0.29, 0.717) is 0 Å². The van der Waals surface area contributed by atoms with E-state index in [-0.39, 0.29) is 0 Å². The number of allylic oxidation sites excluding steroid dienone is 1. The van der Waals surface area contributed by atoms with Crippen molar-refractivity contribution in [2.24, 2.45) is 0 Å². The Balaban J connectivity index is 2.77. The van der Waals surface area contributed by atoms with Crippen molar-refractivity contribution in [1.29, 1.82) is 0 Å². The third kappa shape index (κ3) is 0.997. The average molecular weight is 106 g/mol. The van der Waals surface area contributed by atoms with E-state index in [4.69, 9.17) is 0 Å². The van der Waals surface area contributed by atoms with Crippen molar-refractivity contribution in [1.82, 2.24) is 4.98 Å². The molecule has 8 heavy (non-hydrogen) atoms. The lowest BCUT2D eigenvalue weighted by Crippen LogP contribution is -1.55. The predicted molar refractivity (Wildman–Crippen MR) is 35.2 cm³/mol. The zero-order valence-corrected chi connectivity index (χ0v) is 4.59. The van der Waals surface area contributed by atoms with Crippen molar-refractivity contribution in [2.45, 2.75) is 0 Å². The highest BCUT2D eigenvalue weighted by molar-refractivity contribution is 5.47. The first-order valence-electron chi connectivity index (χ1n) is 2.52.